The molecule has 1 rings (SSSR count). The van der Waals surface area contributed by atoms with Crippen molar-refractivity contribution in [3.8, 4) is 5.75 Å². The SMILES string of the molecule is COc1ccccc1C(=S)N(C)O. The Balaban J connectivity index is 3.06. The van der Waals surface area contributed by atoms with E-state index < -0.39 is 0 Å². The molecule has 0 radical (unpaired) electrons. The quantitative estimate of drug-likeness (QED) is 0.577. The number of nitrogens with zero attached hydrogens (tertiary/aromatic N) is 1. The number of ether oxygens (including phenoxy) is 1. The average Bonchev–Trinajstić information content (AvgIpc) is 2.16. The van der Waals surface area contributed by atoms with Crippen LogP contribution in [0.5, 0.6) is 5.75 Å². The molecule has 13 heavy (non-hydrogen) atoms. The molecule has 1 aromatic carbocycles. The predicted octanol–water partition coefficient (Wildman–Crippen LogP) is 1.69. The Bertz CT molecular complexity index is 312. The molecule has 0 bridgehead atoms. The molecule has 1 aromatic rings. The summed E-state index contributed by atoms with van der Waals surface area (Å²) in [7, 11) is 3.05. The van der Waals surface area contributed by atoms with Crippen molar-refractivity contribution in [2.45, 2.75) is 0 Å². The summed E-state index contributed by atoms with van der Waals surface area (Å²) in [4.78, 5) is 0.345. The number of hydrogen-bond donors (Lipinski definition) is 1. The minimum absolute atomic E-state index is 0.345. The Labute approximate surface area is 82.5 Å². The molecule has 70 valence electrons. The van der Waals surface area contributed by atoms with Crippen molar-refractivity contribution in [3.05, 3.63) is 29.8 Å². The van der Waals surface area contributed by atoms with E-state index in [0.717, 1.165) is 5.06 Å². The number of thiocarbonyl (C=S) groups is 1. The normalized spacial score (nSPS) is 9.46. The van der Waals surface area contributed by atoms with Crippen molar-refractivity contribution in [1.29, 1.82) is 0 Å². The van der Waals surface area contributed by atoms with Gasteiger partial charge in [0.25, 0.3) is 0 Å². The van der Waals surface area contributed by atoms with E-state index in [2.05, 4.69) is 0 Å². The summed E-state index contributed by atoms with van der Waals surface area (Å²) < 4.78 is 5.09. The summed E-state index contributed by atoms with van der Waals surface area (Å²) in [6.07, 6.45) is 0. The van der Waals surface area contributed by atoms with Gasteiger partial charge >= 0.3 is 0 Å². The number of para-hydroxylation sites is 1. The van der Waals surface area contributed by atoms with Crippen LogP contribution in [0.15, 0.2) is 24.3 Å². The van der Waals surface area contributed by atoms with Crippen molar-refractivity contribution in [2.75, 3.05) is 14.2 Å². The fourth-order valence-electron chi connectivity index (χ4n) is 0.996. The highest BCUT2D eigenvalue weighted by Crippen LogP contribution is 2.18. The van der Waals surface area contributed by atoms with E-state index in [0.29, 0.717) is 16.3 Å². The summed E-state index contributed by atoms with van der Waals surface area (Å²) >= 11 is 4.99. The summed E-state index contributed by atoms with van der Waals surface area (Å²) in [6.45, 7) is 0. The number of benzene rings is 1. The van der Waals surface area contributed by atoms with Crippen LogP contribution in [0.2, 0.25) is 0 Å². The minimum Gasteiger partial charge on any atom is -0.496 e. The van der Waals surface area contributed by atoms with Crippen LogP contribution < -0.4 is 4.74 Å². The lowest BCUT2D eigenvalue weighted by atomic mass is 10.2. The maximum absolute atomic E-state index is 9.13. The van der Waals surface area contributed by atoms with Crippen molar-refractivity contribution in [3.63, 3.8) is 0 Å². The number of hydrogen-bond acceptors (Lipinski definition) is 3. The average molecular weight is 197 g/mol. The van der Waals surface area contributed by atoms with Gasteiger partial charge in [-0.3, -0.25) is 5.21 Å². The lowest BCUT2D eigenvalue weighted by Gasteiger charge is -2.14. The zero-order chi connectivity index (χ0) is 9.84. The molecule has 0 unspecified atom stereocenters. The Morgan fingerprint density at radius 3 is 2.62 bits per heavy atom. The molecule has 0 heterocycles. The van der Waals surface area contributed by atoms with Gasteiger partial charge in [-0.25, -0.2) is 5.06 Å². The number of rotatable bonds is 2. The maximum Gasteiger partial charge on any atom is 0.137 e. The highest BCUT2D eigenvalue weighted by atomic mass is 32.1. The van der Waals surface area contributed by atoms with Gasteiger partial charge in [-0.05, 0) is 12.1 Å². The van der Waals surface area contributed by atoms with Crippen LogP contribution in [0.25, 0.3) is 0 Å². The van der Waals surface area contributed by atoms with Crippen LogP contribution in [0, 0.1) is 0 Å². The molecule has 0 atom stereocenters. The standard InChI is InChI=1S/C9H11NO2S/c1-10(11)9(13)7-5-3-4-6-8(7)12-2/h3-6,11H,1-2H3. The van der Waals surface area contributed by atoms with Gasteiger partial charge in [-0.2, -0.15) is 0 Å². The van der Waals surface area contributed by atoms with Gasteiger partial charge in [-0.1, -0.05) is 24.4 Å². The third-order valence-corrected chi connectivity index (χ3v) is 2.12. The zero-order valence-corrected chi connectivity index (χ0v) is 8.34. The molecule has 0 amide bonds. The molecule has 3 nitrogen and oxygen atoms in total. The molecule has 0 aromatic heterocycles. The summed E-state index contributed by atoms with van der Waals surface area (Å²) in [5.41, 5.74) is 0.713. The highest BCUT2D eigenvalue weighted by molar-refractivity contribution is 7.80. The Morgan fingerprint density at radius 1 is 1.46 bits per heavy atom. The minimum atomic E-state index is 0.345. The molecule has 4 heteroatoms. The molecule has 0 aliphatic rings. The Morgan fingerprint density at radius 2 is 2.08 bits per heavy atom. The Hall–Kier alpha value is -1.13. The summed E-state index contributed by atoms with van der Waals surface area (Å²) in [5.74, 6) is 0.661. The molecule has 1 N–H and O–H groups in total. The van der Waals surface area contributed by atoms with E-state index in [1.165, 1.54) is 7.05 Å². The Kier molecular flexibility index (Phi) is 3.22. The second-order valence-electron chi connectivity index (χ2n) is 2.53. The van der Waals surface area contributed by atoms with Crippen LogP contribution in [-0.2, 0) is 0 Å². The van der Waals surface area contributed by atoms with Crippen molar-refractivity contribution in [1.82, 2.24) is 5.06 Å². The van der Waals surface area contributed by atoms with Crippen LogP contribution >= 0.6 is 12.2 Å². The van der Waals surface area contributed by atoms with E-state index in [9.17, 15) is 0 Å². The fourth-order valence-corrected chi connectivity index (χ4v) is 1.16. The topological polar surface area (TPSA) is 32.7 Å². The van der Waals surface area contributed by atoms with Gasteiger partial charge in [0, 0.05) is 7.05 Å². The largest absolute Gasteiger partial charge is 0.496 e. The van der Waals surface area contributed by atoms with Gasteiger partial charge in [-0.15, -0.1) is 0 Å². The smallest absolute Gasteiger partial charge is 0.137 e. The van der Waals surface area contributed by atoms with Crippen LogP contribution in [-0.4, -0.2) is 29.4 Å². The first-order valence-corrected chi connectivity index (χ1v) is 4.17. The van der Waals surface area contributed by atoms with E-state index >= 15 is 0 Å². The van der Waals surface area contributed by atoms with Crippen LogP contribution in [0.1, 0.15) is 5.56 Å². The number of methoxy groups -OCH3 is 1. The molecule has 0 fully saturated rings. The summed E-state index contributed by atoms with van der Waals surface area (Å²) in [5, 5.41) is 10.0. The van der Waals surface area contributed by atoms with Gasteiger partial charge in [0.1, 0.15) is 10.7 Å². The van der Waals surface area contributed by atoms with Crippen molar-refractivity contribution < 1.29 is 9.94 Å². The van der Waals surface area contributed by atoms with Gasteiger partial charge < -0.3 is 4.74 Å². The predicted molar refractivity (Wildman–Crippen MR) is 54.2 cm³/mol. The molecule has 0 spiro atoms. The molecule has 0 saturated carbocycles. The number of hydroxylamine groups is 2. The van der Waals surface area contributed by atoms with Gasteiger partial charge in [0.15, 0.2) is 0 Å². The van der Waals surface area contributed by atoms with Gasteiger partial charge in [0.05, 0.1) is 12.7 Å². The molecule has 0 saturated heterocycles. The first kappa shape index (κ1) is 9.95. The second-order valence-corrected chi connectivity index (χ2v) is 2.92. The van der Waals surface area contributed by atoms with Crippen molar-refractivity contribution >= 4 is 17.2 Å². The third kappa shape index (κ3) is 2.17. The lowest BCUT2D eigenvalue weighted by Crippen LogP contribution is -2.21. The van der Waals surface area contributed by atoms with E-state index in [1.54, 1.807) is 19.2 Å². The van der Waals surface area contributed by atoms with E-state index in [4.69, 9.17) is 22.2 Å². The molecule has 0 aliphatic carbocycles. The monoisotopic (exact) mass is 197 g/mol. The van der Waals surface area contributed by atoms with Crippen LogP contribution in [0.3, 0.4) is 0 Å². The maximum atomic E-state index is 9.13. The van der Waals surface area contributed by atoms with Crippen LogP contribution in [0.4, 0.5) is 0 Å². The van der Waals surface area contributed by atoms with Gasteiger partial charge in [0.2, 0.25) is 0 Å². The molecule has 0 aliphatic heterocycles. The molecular weight excluding hydrogens is 186 g/mol. The van der Waals surface area contributed by atoms with Crippen molar-refractivity contribution in [2.24, 2.45) is 0 Å². The first-order chi connectivity index (χ1) is 6.16. The molecular formula is C9H11NO2S. The van der Waals surface area contributed by atoms with E-state index in [-0.39, 0.29) is 0 Å². The third-order valence-electron chi connectivity index (χ3n) is 1.63. The first-order valence-electron chi connectivity index (χ1n) is 3.76. The highest BCUT2D eigenvalue weighted by Gasteiger charge is 2.09. The second kappa shape index (κ2) is 4.20. The summed E-state index contributed by atoms with van der Waals surface area (Å²) in [6, 6.07) is 7.29. The lowest BCUT2D eigenvalue weighted by molar-refractivity contribution is 0.0173. The van der Waals surface area contributed by atoms with E-state index in [1.807, 2.05) is 12.1 Å². The fraction of sp³-hybridized carbons (Fsp3) is 0.222. The zero-order valence-electron chi connectivity index (χ0n) is 7.52.